The molecule has 2 heterocycles. The van der Waals surface area contributed by atoms with Crippen molar-refractivity contribution in [1.82, 2.24) is 9.55 Å². The number of nitrogens with zero attached hydrogens (tertiary/aromatic N) is 2. The molecule has 0 aliphatic heterocycles. The highest BCUT2D eigenvalue weighted by atomic mass is 28.3. The van der Waals surface area contributed by atoms with Crippen LogP contribution < -0.4 is 11.1 Å². The van der Waals surface area contributed by atoms with Gasteiger partial charge in [-0.3, -0.25) is 0 Å². The van der Waals surface area contributed by atoms with E-state index in [-0.39, 0.29) is 0 Å². The maximum Gasteiger partial charge on any atom is 0.143 e. The van der Waals surface area contributed by atoms with Crippen LogP contribution in [0.1, 0.15) is 37.7 Å². The zero-order valence-corrected chi connectivity index (χ0v) is 17.6. The molecule has 2 aromatic heterocycles. The summed E-state index contributed by atoms with van der Waals surface area (Å²) >= 11 is 0. The maximum atomic E-state index is 5.98. The molecule has 144 valence electrons. The van der Waals surface area contributed by atoms with Gasteiger partial charge in [-0.05, 0) is 25.0 Å². The number of ether oxygens (including phenoxy) is 1. The van der Waals surface area contributed by atoms with E-state index in [0.717, 1.165) is 23.2 Å². The number of pyridine rings is 1. The van der Waals surface area contributed by atoms with Crippen molar-refractivity contribution in [2.75, 3.05) is 11.9 Å². The molecule has 0 spiro atoms. The highest BCUT2D eigenvalue weighted by Crippen LogP contribution is 2.30. The Morgan fingerprint density at radius 2 is 2.04 bits per heavy atom. The van der Waals surface area contributed by atoms with E-state index in [4.69, 9.17) is 10.5 Å². The van der Waals surface area contributed by atoms with E-state index in [1.807, 2.05) is 6.20 Å². The van der Waals surface area contributed by atoms with Crippen molar-refractivity contribution in [2.24, 2.45) is 5.73 Å². The van der Waals surface area contributed by atoms with Gasteiger partial charge >= 0.3 is 0 Å². The van der Waals surface area contributed by atoms with Crippen molar-refractivity contribution in [3.63, 3.8) is 0 Å². The minimum Gasteiger partial charge on any atom is -0.381 e. The van der Waals surface area contributed by atoms with Crippen molar-refractivity contribution in [1.29, 1.82) is 0 Å². The van der Waals surface area contributed by atoms with Crippen molar-refractivity contribution in [2.45, 2.75) is 77.1 Å². The highest BCUT2D eigenvalue weighted by Gasteiger charge is 2.18. The van der Waals surface area contributed by atoms with Gasteiger partial charge in [-0.2, -0.15) is 0 Å². The van der Waals surface area contributed by atoms with Crippen LogP contribution in [-0.2, 0) is 18.0 Å². The average Bonchev–Trinajstić information content (AvgIpc) is 3.03. The molecule has 1 aliphatic carbocycles. The number of fused-ring (bicyclic) bond motifs is 1. The first-order valence-electron chi connectivity index (χ1n) is 9.99. The summed E-state index contributed by atoms with van der Waals surface area (Å²) in [6, 6.07) is 3.89. The van der Waals surface area contributed by atoms with Crippen LogP contribution in [0.5, 0.6) is 0 Å². The molecule has 0 unspecified atom stereocenters. The third-order valence-corrected chi connectivity index (χ3v) is 6.97. The van der Waals surface area contributed by atoms with Crippen LogP contribution in [0.15, 0.2) is 18.5 Å². The Bertz CT molecular complexity index is 716. The molecule has 0 atom stereocenters. The summed E-state index contributed by atoms with van der Waals surface area (Å²) in [4.78, 5) is 4.66. The van der Waals surface area contributed by atoms with Gasteiger partial charge in [0, 0.05) is 50.6 Å². The van der Waals surface area contributed by atoms with E-state index >= 15 is 0 Å². The third kappa shape index (κ3) is 4.87. The number of hydrogen-bond donors (Lipinski definition) is 2. The van der Waals surface area contributed by atoms with Crippen LogP contribution in [0, 0.1) is 0 Å². The lowest BCUT2D eigenvalue weighted by atomic mass is 9.95. The standard InChI is InChI=1S/C20H34N4OSi/c1-26(2,3)12-11-25-15-24-10-9-18-19(16(13-21)14-22-20(18)24)23-17-7-5-4-6-8-17/h9-10,14,17H,4-8,11-13,15,21H2,1-3H3,(H,22,23). The number of nitrogens with two attached hydrogens (primary N) is 1. The quantitative estimate of drug-likeness (QED) is 0.525. The summed E-state index contributed by atoms with van der Waals surface area (Å²) in [5.74, 6) is 0. The second-order valence-electron chi connectivity index (χ2n) is 8.71. The molecule has 6 heteroatoms. The summed E-state index contributed by atoms with van der Waals surface area (Å²) in [6.45, 7) is 9.02. The monoisotopic (exact) mass is 374 g/mol. The number of rotatable bonds is 8. The Morgan fingerprint density at radius 3 is 2.73 bits per heavy atom. The molecular formula is C20H34N4OSi. The summed E-state index contributed by atoms with van der Waals surface area (Å²) in [6.07, 6.45) is 10.5. The Morgan fingerprint density at radius 1 is 1.27 bits per heavy atom. The minimum absolute atomic E-state index is 0.510. The number of anilines is 1. The first-order valence-corrected chi connectivity index (χ1v) is 13.7. The second-order valence-corrected chi connectivity index (χ2v) is 14.3. The summed E-state index contributed by atoms with van der Waals surface area (Å²) < 4.78 is 8.02. The van der Waals surface area contributed by atoms with Gasteiger partial charge in [-0.25, -0.2) is 4.98 Å². The Hall–Kier alpha value is -1.37. The van der Waals surface area contributed by atoms with E-state index in [2.05, 4.69) is 46.8 Å². The molecule has 5 nitrogen and oxygen atoms in total. The van der Waals surface area contributed by atoms with Gasteiger partial charge in [-0.15, -0.1) is 0 Å². The first-order chi connectivity index (χ1) is 12.5. The zero-order chi connectivity index (χ0) is 18.6. The van der Waals surface area contributed by atoms with Gasteiger partial charge in [0.1, 0.15) is 12.4 Å². The molecule has 3 rings (SSSR count). The number of aromatic nitrogens is 2. The SMILES string of the molecule is C[Si](C)(C)CCOCn1ccc2c(NC3CCCCC3)c(CN)cnc21. The van der Waals surface area contributed by atoms with E-state index in [9.17, 15) is 0 Å². The molecule has 26 heavy (non-hydrogen) atoms. The van der Waals surface area contributed by atoms with Crippen LogP contribution >= 0.6 is 0 Å². The van der Waals surface area contributed by atoms with E-state index in [1.165, 1.54) is 43.8 Å². The molecule has 1 saturated carbocycles. The van der Waals surface area contributed by atoms with Crippen molar-refractivity contribution in [3.8, 4) is 0 Å². The molecule has 0 amide bonds. The predicted molar refractivity (Wildman–Crippen MR) is 112 cm³/mol. The Kier molecular flexibility index (Phi) is 6.37. The lowest BCUT2D eigenvalue weighted by Crippen LogP contribution is -2.23. The van der Waals surface area contributed by atoms with Gasteiger partial charge in [0.15, 0.2) is 0 Å². The zero-order valence-electron chi connectivity index (χ0n) is 16.6. The first kappa shape index (κ1) is 19.4. The molecule has 0 saturated heterocycles. The van der Waals surface area contributed by atoms with Gasteiger partial charge in [0.05, 0.1) is 5.69 Å². The number of nitrogens with one attached hydrogen (secondary N) is 1. The lowest BCUT2D eigenvalue weighted by molar-refractivity contribution is 0.0899. The topological polar surface area (TPSA) is 65.1 Å². The molecule has 0 aromatic carbocycles. The normalized spacial score (nSPS) is 16.3. The van der Waals surface area contributed by atoms with E-state index in [0.29, 0.717) is 19.3 Å². The average molecular weight is 375 g/mol. The maximum absolute atomic E-state index is 5.98. The predicted octanol–water partition coefficient (Wildman–Crippen LogP) is 4.55. The third-order valence-electron chi connectivity index (χ3n) is 5.27. The molecule has 2 aromatic rings. The van der Waals surface area contributed by atoms with Crippen LogP contribution in [0.3, 0.4) is 0 Å². The molecular weight excluding hydrogens is 340 g/mol. The van der Waals surface area contributed by atoms with Gasteiger partial charge in [0.25, 0.3) is 0 Å². The van der Waals surface area contributed by atoms with Gasteiger partial charge in [0.2, 0.25) is 0 Å². The van der Waals surface area contributed by atoms with Crippen molar-refractivity contribution >= 4 is 24.8 Å². The largest absolute Gasteiger partial charge is 0.381 e. The second kappa shape index (κ2) is 8.54. The fourth-order valence-corrected chi connectivity index (χ4v) is 4.36. The van der Waals surface area contributed by atoms with E-state index < -0.39 is 8.07 Å². The summed E-state index contributed by atoms with van der Waals surface area (Å²) in [5.41, 5.74) is 9.23. The molecule has 3 N–H and O–H groups in total. The Balaban J connectivity index is 1.75. The molecule has 1 fully saturated rings. The van der Waals surface area contributed by atoms with Gasteiger partial charge in [-0.1, -0.05) is 38.9 Å². The van der Waals surface area contributed by atoms with Gasteiger partial charge < -0.3 is 20.4 Å². The fourth-order valence-electron chi connectivity index (χ4n) is 3.60. The van der Waals surface area contributed by atoms with E-state index in [1.54, 1.807) is 0 Å². The summed E-state index contributed by atoms with van der Waals surface area (Å²) in [7, 11) is -1.05. The minimum atomic E-state index is -1.05. The van der Waals surface area contributed by atoms with Crippen molar-refractivity contribution in [3.05, 3.63) is 24.0 Å². The molecule has 0 bridgehead atoms. The van der Waals surface area contributed by atoms with Crippen molar-refractivity contribution < 1.29 is 4.74 Å². The highest BCUT2D eigenvalue weighted by molar-refractivity contribution is 6.76. The fraction of sp³-hybridized carbons (Fsp3) is 0.650. The molecule has 0 radical (unpaired) electrons. The summed E-state index contributed by atoms with van der Waals surface area (Å²) in [5, 5.41) is 4.93. The Labute approximate surface area is 158 Å². The lowest BCUT2D eigenvalue weighted by Gasteiger charge is -2.25. The van der Waals surface area contributed by atoms with Crippen LogP contribution in [0.4, 0.5) is 5.69 Å². The van der Waals surface area contributed by atoms with Crippen LogP contribution in [-0.4, -0.2) is 30.3 Å². The molecule has 1 aliphatic rings. The number of hydrogen-bond acceptors (Lipinski definition) is 4. The van der Waals surface area contributed by atoms with Crippen LogP contribution in [0.25, 0.3) is 11.0 Å². The smallest absolute Gasteiger partial charge is 0.143 e. The van der Waals surface area contributed by atoms with Crippen LogP contribution in [0.2, 0.25) is 25.7 Å².